The normalized spacial score (nSPS) is 10.6. The van der Waals surface area contributed by atoms with Gasteiger partial charge < -0.3 is 0 Å². The molecule has 4 heteroatoms. The molecule has 0 atom stereocenters. The van der Waals surface area contributed by atoms with Crippen molar-refractivity contribution in [1.29, 1.82) is 0 Å². The Labute approximate surface area is 145 Å². The highest BCUT2D eigenvalue weighted by Crippen LogP contribution is 2.12. The number of hydrogen-bond acceptors (Lipinski definition) is 2. The number of halogens is 1. The van der Waals surface area contributed by atoms with Gasteiger partial charge in [-0.05, 0) is 6.42 Å². The van der Waals surface area contributed by atoms with Crippen LogP contribution in [0.25, 0.3) is 0 Å². The van der Waals surface area contributed by atoms with E-state index < -0.39 is 0 Å². The molecule has 1 N–H and O–H groups in total. The molecule has 3 nitrogen and oxygen atoms in total. The molecule has 0 aromatic rings. The van der Waals surface area contributed by atoms with Crippen LogP contribution < -0.4 is 5.32 Å². The molecular weight excluding hydrogens is 342 g/mol. The smallest absolute Gasteiger partial charge is 0.237 e. The molecule has 130 valence electrons. The summed E-state index contributed by atoms with van der Waals surface area (Å²) in [5, 5.41) is 2.54. The van der Waals surface area contributed by atoms with Crippen LogP contribution in [0.2, 0.25) is 0 Å². The van der Waals surface area contributed by atoms with Gasteiger partial charge in [0.1, 0.15) is 0 Å². The predicted octanol–water partition coefficient (Wildman–Crippen LogP) is 5.51. The third-order valence-corrected chi connectivity index (χ3v) is 4.42. The van der Waals surface area contributed by atoms with Crippen LogP contribution in [0.15, 0.2) is 0 Å². The van der Waals surface area contributed by atoms with Gasteiger partial charge >= 0.3 is 0 Å². The van der Waals surface area contributed by atoms with Gasteiger partial charge in [0.15, 0.2) is 0 Å². The summed E-state index contributed by atoms with van der Waals surface area (Å²) in [6.07, 6.45) is 17.3. The summed E-state index contributed by atoms with van der Waals surface area (Å²) in [6, 6.07) is 0. The minimum absolute atomic E-state index is 0.146. The molecule has 0 spiro atoms. The van der Waals surface area contributed by atoms with Crippen LogP contribution in [0.3, 0.4) is 0 Å². The molecule has 0 fully saturated rings. The standard InChI is InChI=1S/C18H34BrNO2/c1-2-3-4-5-6-7-8-9-10-11-12-13-14-15-17(21)20-18(22)16-19/h2-16H2,1H3,(H,20,21,22). The molecule has 0 saturated carbocycles. The average molecular weight is 376 g/mol. The Bertz CT molecular complexity index is 282. The van der Waals surface area contributed by atoms with Crippen LogP contribution in [0, 0.1) is 0 Å². The van der Waals surface area contributed by atoms with Crippen LogP contribution in [-0.2, 0) is 9.59 Å². The number of alkyl halides is 1. The van der Waals surface area contributed by atoms with E-state index in [1.807, 2.05) is 0 Å². The van der Waals surface area contributed by atoms with Gasteiger partial charge in [-0.25, -0.2) is 0 Å². The Kier molecular flexibility index (Phi) is 16.7. The molecule has 22 heavy (non-hydrogen) atoms. The van der Waals surface area contributed by atoms with Crippen molar-refractivity contribution in [1.82, 2.24) is 5.32 Å². The SMILES string of the molecule is CCCCCCCCCCCCCCCC(=O)NC(=O)CBr. The number of hydrogen-bond donors (Lipinski definition) is 1. The van der Waals surface area contributed by atoms with Crippen LogP contribution >= 0.6 is 15.9 Å². The third kappa shape index (κ3) is 16.0. The molecule has 0 aliphatic heterocycles. The Morgan fingerprint density at radius 3 is 1.50 bits per heavy atom. The van der Waals surface area contributed by atoms with Gasteiger partial charge in [0.2, 0.25) is 11.8 Å². The molecule has 0 bridgehead atoms. The molecule has 0 aromatic heterocycles. The molecule has 0 heterocycles. The lowest BCUT2D eigenvalue weighted by molar-refractivity contribution is -0.129. The largest absolute Gasteiger partial charge is 0.296 e. The first-order valence-corrected chi connectivity index (χ1v) is 10.2. The quantitative estimate of drug-likeness (QED) is 0.303. The van der Waals surface area contributed by atoms with E-state index in [4.69, 9.17) is 0 Å². The number of carbonyl (C=O) groups is 2. The monoisotopic (exact) mass is 375 g/mol. The Morgan fingerprint density at radius 1 is 0.682 bits per heavy atom. The van der Waals surface area contributed by atoms with Crippen LogP contribution in [-0.4, -0.2) is 17.1 Å². The summed E-state index contributed by atoms with van der Waals surface area (Å²) in [5.74, 6) is -0.396. The third-order valence-electron chi connectivity index (χ3n) is 3.91. The second kappa shape index (κ2) is 17.0. The number of nitrogens with one attached hydrogen (secondary N) is 1. The first-order valence-electron chi connectivity index (χ1n) is 9.09. The van der Waals surface area contributed by atoms with Crippen molar-refractivity contribution in [2.75, 3.05) is 5.33 Å². The highest BCUT2D eigenvalue weighted by molar-refractivity contribution is 9.09. The molecule has 0 aliphatic carbocycles. The zero-order chi connectivity index (χ0) is 16.5. The molecule has 0 aromatic carbocycles. The molecule has 0 saturated heterocycles. The summed E-state index contributed by atoms with van der Waals surface area (Å²) in [4.78, 5) is 22.3. The fraction of sp³-hybridized carbons (Fsp3) is 0.889. The Balaban J connectivity index is 3.14. The molecule has 2 amide bonds. The number of imide groups is 1. The van der Waals surface area contributed by atoms with E-state index in [1.54, 1.807) is 0 Å². The summed E-state index contributed by atoms with van der Waals surface area (Å²) < 4.78 is 0. The van der Waals surface area contributed by atoms with Crippen molar-refractivity contribution in [2.45, 2.75) is 96.8 Å². The molecule has 0 unspecified atom stereocenters. The van der Waals surface area contributed by atoms with Crippen LogP contribution in [0.5, 0.6) is 0 Å². The van der Waals surface area contributed by atoms with E-state index in [2.05, 4.69) is 28.2 Å². The number of carbonyl (C=O) groups excluding carboxylic acids is 2. The van der Waals surface area contributed by atoms with Gasteiger partial charge in [0, 0.05) is 6.42 Å². The minimum atomic E-state index is -0.250. The van der Waals surface area contributed by atoms with Crippen molar-refractivity contribution in [3.8, 4) is 0 Å². The fourth-order valence-corrected chi connectivity index (χ4v) is 2.69. The van der Waals surface area contributed by atoms with E-state index in [0.717, 1.165) is 12.8 Å². The first kappa shape index (κ1) is 21.6. The van der Waals surface area contributed by atoms with Gasteiger partial charge in [-0.2, -0.15) is 0 Å². The number of rotatable bonds is 15. The van der Waals surface area contributed by atoms with Crippen LogP contribution in [0.4, 0.5) is 0 Å². The molecule has 0 aliphatic rings. The first-order chi connectivity index (χ1) is 10.7. The highest BCUT2D eigenvalue weighted by atomic mass is 79.9. The summed E-state index contributed by atoms with van der Waals surface area (Å²) in [6.45, 7) is 2.26. The maximum absolute atomic E-state index is 11.4. The van der Waals surface area contributed by atoms with Gasteiger partial charge in [-0.3, -0.25) is 14.9 Å². The van der Waals surface area contributed by atoms with E-state index in [-0.39, 0.29) is 17.1 Å². The second-order valence-corrected chi connectivity index (χ2v) is 6.66. The maximum atomic E-state index is 11.4. The molecular formula is C18H34BrNO2. The van der Waals surface area contributed by atoms with Crippen molar-refractivity contribution < 1.29 is 9.59 Å². The zero-order valence-corrected chi connectivity index (χ0v) is 15.9. The van der Waals surface area contributed by atoms with Crippen molar-refractivity contribution >= 4 is 27.7 Å². The zero-order valence-electron chi connectivity index (χ0n) is 14.3. The van der Waals surface area contributed by atoms with Gasteiger partial charge in [0.25, 0.3) is 0 Å². The van der Waals surface area contributed by atoms with Crippen molar-refractivity contribution in [2.24, 2.45) is 0 Å². The summed E-state index contributed by atoms with van der Waals surface area (Å²) in [7, 11) is 0. The lowest BCUT2D eigenvalue weighted by Crippen LogP contribution is -2.30. The van der Waals surface area contributed by atoms with E-state index in [9.17, 15) is 9.59 Å². The Morgan fingerprint density at radius 2 is 1.09 bits per heavy atom. The molecule has 0 radical (unpaired) electrons. The van der Waals surface area contributed by atoms with Crippen molar-refractivity contribution in [3.63, 3.8) is 0 Å². The maximum Gasteiger partial charge on any atom is 0.237 e. The summed E-state index contributed by atoms with van der Waals surface area (Å²) in [5.41, 5.74) is 0. The van der Waals surface area contributed by atoms with E-state index in [0.29, 0.717) is 6.42 Å². The average Bonchev–Trinajstić information content (AvgIpc) is 2.51. The van der Waals surface area contributed by atoms with Gasteiger partial charge in [-0.1, -0.05) is 99.9 Å². The lowest BCUT2D eigenvalue weighted by atomic mass is 10.0. The Hall–Kier alpha value is -0.380. The number of amides is 2. The van der Waals surface area contributed by atoms with Crippen molar-refractivity contribution in [3.05, 3.63) is 0 Å². The molecule has 0 rings (SSSR count). The van der Waals surface area contributed by atoms with Crippen LogP contribution in [0.1, 0.15) is 96.8 Å². The fourth-order valence-electron chi connectivity index (χ4n) is 2.55. The van der Waals surface area contributed by atoms with E-state index in [1.165, 1.54) is 70.6 Å². The van der Waals surface area contributed by atoms with Gasteiger partial charge in [0.05, 0.1) is 5.33 Å². The predicted molar refractivity (Wildman–Crippen MR) is 97.3 cm³/mol. The number of unbranched alkanes of at least 4 members (excludes halogenated alkanes) is 12. The van der Waals surface area contributed by atoms with Gasteiger partial charge in [-0.15, -0.1) is 0 Å². The minimum Gasteiger partial charge on any atom is -0.296 e. The van der Waals surface area contributed by atoms with E-state index >= 15 is 0 Å². The topological polar surface area (TPSA) is 46.2 Å². The summed E-state index contributed by atoms with van der Waals surface area (Å²) >= 11 is 3.02. The lowest BCUT2D eigenvalue weighted by Gasteiger charge is -2.03. The second-order valence-electron chi connectivity index (χ2n) is 6.10. The highest BCUT2D eigenvalue weighted by Gasteiger charge is 2.05.